The number of nitrogens with zero attached hydrogens (tertiary/aromatic N) is 2. The fourth-order valence-electron chi connectivity index (χ4n) is 2.92. The van der Waals surface area contributed by atoms with E-state index in [4.69, 9.17) is 0 Å². The zero-order chi connectivity index (χ0) is 14.1. The Hall–Kier alpha value is -1.20. The van der Waals surface area contributed by atoms with Crippen LogP contribution in [0.25, 0.3) is 0 Å². The van der Waals surface area contributed by atoms with E-state index >= 15 is 0 Å². The number of aliphatic hydroxyl groups excluding tert-OH is 1. The summed E-state index contributed by atoms with van der Waals surface area (Å²) in [4.78, 5) is 14.4. The number of likely N-dealkylation sites (tertiary alicyclic amines) is 1. The lowest BCUT2D eigenvalue weighted by atomic mass is 10.0. The number of hydrogen-bond acceptors (Lipinski definition) is 4. The Balaban J connectivity index is 1.79. The van der Waals surface area contributed by atoms with Gasteiger partial charge in [-0.1, -0.05) is 18.0 Å². The number of aliphatic hydroxyl groups is 1. The second kappa shape index (κ2) is 5.66. The molecule has 2 heterocycles. The Morgan fingerprint density at radius 1 is 1.30 bits per heavy atom. The van der Waals surface area contributed by atoms with Crippen LogP contribution in [-0.4, -0.2) is 47.9 Å². The summed E-state index contributed by atoms with van der Waals surface area (Å²) >= 11 is 1.71. The lowest BCUT2D eigenvalue weighted by Gasteiger charge is -2.29. The monoisotopic (exact) mass is 292 g/mol. The molecule has 1 aromatic carbocycles. The van der Waals surface area contributed by atoms with Crippen LogP contribution in [0, 0.1) is 0 Å². The average Bonchev–Trinajstić information content (AvgIpc) is 2.89. The van der Waals surface area contributed by atoms with Gasteiger partial charge in [-0.05, 0) is 37.0 Å². The molecular weight excluding hydrogens is 272 g/mol. The Labute approximate surface area is 123 Å². The number of fused-ring (bicyclic) bond motifs is 1. The summed E-state index contributed by atoms with van der Waals surface area (Å²) < 4.78 is 2.24. The van der Waals surface area contributed by atoms with Gasteiger partial charge in [0, 0.05) is 31.5 Å². The minimum atomic E-state index is -0.244. The SMILES string of the molecule is CSN1CCc2ccc(C(=O)N3CCC(O)CC3)cc21. The highest BCUT2D eigenvalue weighted by Gasteiger charge is 2.25. The molecule has 0 bridgehead atoms. The molecule has 0 aliphatic carbocycles. The van der Waals surface area contributed by atoms with E-state index in [0.29, 0.717) is 25.9 Å². The first-order valence-corrected chi connectivity index (χ1v) is 8.29. The van der Waals surface area contributed by atoms with Gasteiger partial charge in [0.1, 0.15) is 0 Å². The molecule has 1 aromatic rings. The summed E-state index contributed by atoms with van der Waals surface area (Å²) in [6, 6.07) is 6.04. The van der Waals surface area contributed by atoms with Crippen LogP contribution in [0.3, 0.4) is 0 Å². The Morgan fingerprint density at radius 2 is 2.05 bits per heavy atom. The lowest BCUT2D eigenvalue weighted by molar-refractivity contribution is 0.0546. The number of carbonyl (C=O) groups excluding carboxylic acids is 1. The molecule has 1 fully saturated rings. The van der Waals surface area contributed by atoms with Gasteiger partial charge in [0.15, 0.2) is 0 Å². The molecule has 5 heteroatoms. The molecule has 0 aromatic heterocycles. The van der Waals surface area contributed by atoms with Crippen LogP contribution in [0.5, 0.6) is 0 Å². The standard InChI is InChI=1S/C15H20N2O2S/c1-20-17-9-4-11-2-3-12(10-14(11)17)15(19)16-7-5-13(18)6-8-16/h2-3,10,13,18H,4-9H2,1H3. The third kappa shape index (κ3) is 2.52. The number of piperidine rings is 1. The van der Waals surface area contributed by atoms with E-state index in [2.05, 4.69) is 16.6 Å². The van der Waals surface area contributed by atoms with Gasteiger partial charge in [-0.25, -0.2) is 0 Å². The van der Waals surface area contributed by atoms with Crippen molar-refractivity contribution >= 4 is 23.5 Å². The summed E-state index contributed by atoms with van der Waals surface area (Å²) in [5.74, 6) is 0.0904. The molecule has 20 heavy (non-hydrogen) atoms. The van der Waals surface area contributed by atoms with Crippen molar-refractivity contribution in [2.24, 2.45) is 0 Å². The summed E-state index contributed by atoms with van der Waals surface area (Å²) in [5, 5.41) is 9.53. The second-order valence-electron chi connectivity index (χ2n) is 5.40. The van der Waals surface area contributed by atoms with Crippen LogP contribution in [0.4, 0.5) is 5.69 Å². The summed E-state index contributed by atoms with van der Waals surface area (Å²) in [7, 11) is 0. The first kappa shape index (κ1) is 13.8. The summed E-state index contributed by atoms with van der Waals surface area (Å²) in [6.45, 7) is 2.33. The van der Waals surface area contributed by atoms with Gasteiger partial charge in [-0.2, -0.15) is 0 Å². The molecule has 2 aliphatic heterocycles. The van der Waals surface area contributed by atoms with Crippen molar-refractivity contribution in [1.82, 2.24) is 4.90 Å². The lowest BCUT2D eigenvalue weighted by Crippen LogP contribution is -2.40. The predicted molar refractivity (Wildman–Crippen MR) is 82.2 cm³/mol. The molecule has 1 saturated heterocycles. The van der Waals surface area contributed by atoms with Crippen LogP contribution in [0.15, 0.2) is 18.2 Å². The first-order chi connectivity index (χ1) is 9.69. The van der Waals surface area contributed by atoms with Crippen molar-refractivity contribution in [3.63, 3.8) is 0 Å². The van der Waals surface area contributed by atoms with Crippen molar-refractivity contribution in [3.05, 3.63) is 29.3 Å². The zero-order valence-corrected chi connectivity index (χ0v) is 12.5. The van der Waals surface area contributed by atoms with Gasteiger partial charge < -0.3 is 14.3 Å². The Morgan fingerprint density at radius 3 is 2.75 bits per heavy atom. The predicted octanol–water partition coefficient (Wildman–Crippen LogP) is 1.92. The first-order valence-electron chi connectivity index (χ1n) is 7.11. The number of carbonyl (C=O) groups is 1. The normalized spacial score (nSPS) is 19.3. The van der Waals surface area contributed by atoms with E-state index < -0.39 is 0 Å². The maximum Gasteiger partial charge on any atom is 0.253 e. The van der Waals surface area contributed by atoms with Crippen molar-refractivity contribution in [2.75, 3.05) is 30.2 Å². The topological polar surface area (TPSA) is 43.8 Å². The van der Waals surface area contributed by atoms with Gasteiger partial charge in [-0.3, -0.25) is 4.79 Å². The highest BCUT2D eigenvalue weighted by Crippen LogP contribution is 2.33. The van der Waals surface area contributed by atoms with Gasteiger partial charge in [0.05, 0.1) is 11.8 Å². The number of hydrogen-bond donors (Lipinski definition) is 1. The number of amides is 1. The molecule has 4 nitrogen and oxygen atoms in total. The molecule has 0 saturated carbocycles. The molecule has 0 unspecified atom stereocenters. The van der Waals surface area contributed by atoms with Crippen LogP contribution >= 0.6 is 11.9 Å². The number of rotatable bonds is 2. The molecule has 0 spiro atoms. The molecule has 2 aliphatic rings. The molecule has 108 valence electrons. The molecule has 0 radical (unpaired) electrons. The van der Waals surface area contributed by atoms with E-state index in [-0.39, 0.29) is 12.0 Å². The van der Waals surface area contributed by atoms with Gasteiger partial charge in [0.25, 0.3) is 5.91 Å². The fourth-order valence-corrected chi connectivity index (χ4v) is 3.56. The smallest absolute Gasteiger partial charge is 0.253 e. The number of benzene rings is 1. The maximum absolute atomic E-state index is 12.5. The van der Waals surface area contributed by atoms with Gasteiger partial charge in [-0.15, -0.1) is 0 Å². The minimum absolute atomic E-state index is 0.0904. The molecule has 0 atom stereocenters. The fraction of sp³-hybridized carbons (Fsp3) is 0.533. The largest absolute Gasteiger partial charge is 0.393 e. The van der Waals surface area contributed by atoms with Gasteiger partial charge >= 0.3 is 0 Å². The van der Waals surface area contributed by atoms with E-state index in [1.807, 2.05) is 17.0 Å². The highest BCUT2D eigenvalue weighted by atomic mass is 32.2. The third-order valence-electron chi connectivity index (χ3n) is 4.16. The van der Waals surface area contributed by atoms with E-state index in [9.17, 15) is 9.90 Å². The zero-order valence-electron chi connectivity index (χ0n) is 11.7. The van der Waals surface area contributed by atoms with Crippen molar-refractivity contribution in [3.8, 4) is 0 Å². The van der Waals surface area contributed by atoms with Crippen LogP contribution in [0.2, 0.25) is 0 Å². The van der Waals surface area contributed by atoms with Crippen LogP contribution in [-0.2, 0) is 6.42 Å². The Kier molecular flexibility index (Phi) is 3.89. The van der Waals surface area contributed by atoms with E-state index in [0.717, 1.165) is 18.5 Å². The highest BCUT2D eigenvalue weighted by molar-refractivity contribution is 8.00. The van der Waals surface area contributed by atoms with Crippen LogP contribution in [0.1, 0.15) is 28.8 Å². The van der Waals surface area contributed by atoms with E-state index in [1.54, 1.807) is 11.9 Å². The second-order valence-corrected chi connectivity index (χ2v) is 6.21. The summed E-state index contributed by atoms with van der Waals surface area (Å²) in [5.41, 5.74) is 3.27. The number of anilines is 1. The summed E-state index contributed by atoms with van der Waals surface area (Å²) in [6.07, 6.45) is 4.25. The molecule has 3 rings (SSSR count). The Bertz CT molecular complexity index is 513. The minimum Gasteiger partial charge on any atom is -0.393 e. The maximum atomic E-state index is 12.5. The van der Waals surface area contributed by atoms with Gasteiger partial charge in [0.2, 0.25) is 0 Å². The van der Waals surface area contributed by atoms with E-state index in [1.165, 1.54) is 11.3 Å². The average molecular weight is 292 g/mol. The van der Waals surface area contributed by atoms with Crippen molar-refractivity contribution in [2.45, 2.75) is 25.4 Å². The molecular formula is C15H20N2O2S. The quantitative estimate of drug-likeness (QED) is 0.846. The molecule has 1 amide bonds. The van der Waals surface area contributed by atoms with Crippen molar-refractivity contribution in [1.29, 1.82) is 0 Å². The van der Waals surface area contributed by atoms with Crippen LogP contribution < -0.4 is 4.31 Å². The third-order valence-corrected chi connectivity index (χ3v) is 4.98. The van der Waals surface area contributed by atoms with Crippen molar-refractivity contribution < 1.29 is 9.90 Å². The molecule has 1 N–H and O–H groups in total.